The van der Waals surface area contributed by atoms with Gasteiger partial charge in [0.1, 0.15) is 0 Å². The second kappa shape index (κ2) is 5.51. The number of nitrogens with zero attached hydrogens (tertiary/aromatic N) is 1. The van der Waals surface area contributed by atoms with Crippen LogP contribution in [-0.4, -0.2) is 4.98 Å². The summed E-state index contributed by atoms with van der Waals surface area (Å²) < 4.78 is 0. The van der Waals surface area contributed by atoms with Crippen LogP contribution < -0.4 is 11.3 Å². The summed E-state index contributed by atoms with van der Waals surface area (Å²) >= 11 is 0. The fourth-order valence-electron chi connectivity index (χ4n) is 2.73. The molecule has 0 saturated carbocycles. The molecule has 2 aromatic rings. The van der Waals surface area contributed by atoms with Gasteiger partial charge >= 0.3 is 0 Å². The molecule has 19 heavy (non-hydrogen) atoms. The first kappa shape index (κ1) is 13.7. The standard InChI is InChI=1S/C16H21N3/c1-10-5-12(3)15(13(4)6-10)16(19-17)14-7-11(2)8-18-9-14/h5-9,16,19H,17H2,1-4H3. The lowest BCUT2D eigenvalue weighted by atomic mass is 9.90. The van der Waals surface area contributed by atoms with Gasteiger partial charge in [-0.25, -0.2) is 5.43 Å². The number of aromatic nitrogens is 1. The van der Waals surface area contributed by atoms with Gasteiger partial charge in [0.05, 0.1) is 6.04 Å². The largest absolute Gasteiger partial charge is 0.271 e. The van der Waals surface area contributed by atoms with Crippen molar-refractivity contribution in [1.29, 1.82) is 0 Å². The van der Waals surface area contributed by atoms with Crippen LogP contribution in [0.1, 0.15) is 39.4 Å². The topological polar surface area (TPSA) is 50.9 Å². The first-order valence-electron chi connectivity index (χ1n) is 6.48. The number of hydrogen-bond acceptors (Lipinski definition) is 3. The number of rotatable bonds is 3. The molecular weight excluding hydrogens is 234 g/mol. The Morgan fingerprint density at radius 3 is 2.11 bits per heavy atom. The lowest BCUT2D eigenvalue weighted by Crippen LogP contribution is -2.30. The van der Waals surface area contributed by atoms with E-state index in [0.717, 1.165) is 11.1 Å². The SMILES string of the molecule is Cc1cncc(C(NN)c2c(C)cc(C)cc2C)c1. The molecule has 0 bridgehead atoms. The highest BCUT2D eigenvalue weighted by Gasteiger charge is 2.17. The van der Waals surface area contributed by atoms with E-state index in [0.29, 0.717) is 0 Å². The minimum Gasteiger partial charge on any atom is -0.271 e. The molecule has 3 nitrogen and oxygen atoms in total. The van der Waals surface area contributed by atoms with Crippen LogP contribution in [0, 0.1) is 27.7 Å². The lowest BCUT2D eigenvalue weighted by Gasteiger charge is -2.22. The Bertz CT molecular complexity index is 567. The molecule has 1 aromatic heterocycles. The van der Waals surface area contributed by atoms with E-state index in [1.165, 1.54) is 22.3 Å². The predicted octanol–water partition coefficient (Wildman–Crippen LogP) is 2.87. The van der Waals surface area contributed by atoms with Crippen molar-refractivity contribution in [2.45, 2.75) is 33.7 Å². The first-order valence-corrected chi connectivity index (χ1v) is 6.48. The second-order valence-corrected chi connectivity index (χ2v) is 5.21. The molecule has 1 unspecified atom stereocenters. The smallest absolute Gasteiger partial charge is 0.0730 e. The Hall–Kier alpha value is -1.71. The molecule has 0 aliphatic heterocycles. The zero-order valence-corrected chi connectivity index (χ0v) is 12.0. The van der Waals surface area contributed by atoms with E-state index in [9.17, 15) is 0 Å². The third-order valence-corrected chi connectivity index (χ3v) is 3.42. The number of hydrazine groups is 1. The molecule has 0 aliphatic carbocycles. The van der Waals surface area contributed by atoms with E-state index in [1.807, 2.05) is 19.3 Å². The highest BCUT2D eigenvalue weighted by atomic mass is 15.2. The van der Waals surface area contributed by atoms with Gasteiger partial charge in [-0.15, -0.1) is 0 Å². The fourth-order valence-corrected chi connectivity index (χ4v) is 2.73. The summed E-state index contributed by atoms with van der Waals surface area (Å²) in [4.78, 5) is 4.26. The van der Waals surface area contributed by atoms with E-state index in [4.69, 9.17) is 5.84 Å². The van der Waals surface area contributed by atoms with Crippen molar-refractivity contribution in [2.24, 2.45) is 5.84 Å². The minimum absolute atomic E-state index is 0.0204. The zero-order valence-electron chi connectivity index (χ0n) is 12.0. The molecule has 3 N–H and O–H groups in total. The van der Waals surface area contributed by atoms with Crippen molar-refractivity contribution in [3.8, 4) is 0 Å². The summed E-state index contributed by atoms with van der Waals surface area (Å²) in [7, 11) is 0. The molecule has 1 heterocycles. The number of pyridine rings is 1. The minimum atomic E-state index is -0.0204. The van der Waals surface area contributed by atoms with Gasteiger partial charge in [-0.05, 0) is 55.5 Å². The van der Waals surface area contributed by atoms with E-state index in [1.54, 1.807) is 0 Å². The predicted molar refractivity (Wildman–Crippen MR) is 78.8 cm³/mol. The van der Waals surface area contributed by atoms with Crippen molar-refractivity contribution in [3.63, 3.8) is 0 Å². The number of hydrogen-bond donors (Lipinski definition) is 2. The molecule has 0 saturated heterocycles. The maximum atomic E-state index is 5.78. The van der Waals surface area contributed by atoms with Gasteiger partial charge in [-0.1, -0.05) is 23.8 Å². The van der Waals surface area contributed by atoms with Crippen LogP contribution in [0.15, 0.2) is 30.6 Å². The summed E-state index contributed by atoms with van der Waals surface area (Å²) in [5, 5.41) is 0. The molecule has 2 rings (SSSR count). The maximum Gasteiger partial charge on any atom is 0.0730 e. The summed E-state index contributed by atoms with van der Waals surface area (Å²) in [6.45, 7) is 8.41. The maximum absolute atomic E-state index is 5.78. The molecule has 0 fully saturated rings. The second-order valence-electron chi connectivity index (χ2n) is 5.21. The van der Waals surface area contributed by atoms with Crippen molar-refractivity contribution in [2.75, 3.05) is 0 Å². The van der Waals surface area contributed by atoms with E-state index < -0.39 is 0 Å². The zero-order chi connectivity index (χ0) is 14.0. The molecule has 100 valence electrons. The Labute approximate surface area is 114 Å². The van der Waals surface area contributed by atoms with Crippen LogP contribution in [0.4, 0.5) is 0 Å². The summed E-state index contributed by atoms with van der Waals surface area (Å²) in [6.07, 6.45) is 3.72. The fraction of sp³-hybridized carbons (Fsp3) is 0.312. The van der Waals surface area contributed by atoms with Crippen molar-refractivity contribution >= 4 is 0 Å². The molecular formula is C16H21N3. The van der Waals surface area contributed by atoms with Crippen LogP contribution in [0.5, 0.6) is 0 Å². The molecule has 1 aromatic carbocycles. The Balaban J connectivity index is 2.54. The molecule has 0 aliphatic rings. The van der Waals surface area contributed by atoms with E-state index in [2.05, 4.69) is 49.4 Å². The van der Waals surface area contributed by atoms with Gasteiger partial charge < -0.3 is 0 Å². The van der Waals surface area contributed by atoms with Crippen LogP contribution in [0.25, 0.3) is 0 Å². The monoisotopic (exact) mass is 255 g/mol. The number of nitrogens with two attached hydrogens (primary N) is 1. The summed E-state index contributed by atoms with van der Waals surface area (Å²) in [5.74, 6) is 5.78. The van der Waals surface area contributed by atoms with E-state index >= 15 is 0 Å². The number of aryl methyl sites for hydroxylation is 4. The van der Waals surface area contributed by atoms with Gasteiger partial charge in [0.25, 0.3) is 0 Å². The van der Waals surface area contributed by atoms with Gasteiger partial charge in [0.2, 0.25) is 0 Å². The molecule has 1 atom stereocenters. The van der Waals surface area contributed by atoms with Crippen LogP contribution in [0.2, 0.25) is 0 Å². The van der Waals surface area contributed by atoms with Crippen molar-refractivity contribution in [1.82, 2.24) is 10.4 Å². The number of nitrogens with one attached hydrogen (secondary N) is 1. The number of benzene rings is 1. The van der Waals surface area contributed by atoms with Crippen LogP contribution >= 0.6 is 0 Å². The van der Waals surface area contributed by atoms with Crippen molar-refractivity contribution in [3.05, 3.63) is 64.0 Å². The molecule has 0 amide bonds. The third-order valence-electron chi connectivity index (χ3n) is 3.42. The Kier molecular flexibility index (Phi) is 3.98. The first-order chi connectivity index (χ1) is 9.02. The van der Waals surface area contributed by atoms with Gasteiger partial charge in [0.15, 0.2) is 0 Å². The molecule has 0 radical (unpaired) electrons. The summed E-state index contributed by atoms with van der Waals surface area (Å²) in [5.41, 5.74) is 10.2. The lowest BCUT2D eigenvalue weighted by molar-refractivity contribution is 0.627. The van der Waals surface area contributed by atoms with Crippen LogP contribution in [0.3, 0.4) is 0 Å². The highest BCUT2D eigenvalue weighted by Crippen LogP contribution is 2.28. The normalized spacial score (nSPS) is 12.5. The Morgan fingerprint density at radius 2 is 1.58 bits per heavy atom. The van der Waals surface area contributed by atoms with E-state index in [-0.39, 0.29) is 6.04 Å². The summed E-state index contributed by atoms with van der Waals surface area (Å²) in [6, 6.07) is 6.48. The third kappa shape index (κ3) is 2.83. The average molecular weight is 255 g/mol. The Morgan fingerprint density at radius 1 is 0.947 bits per heavy atom. The van der Waals surface area contributed by atoms with Gasteiger partial charge in [-0.2, -0.15) is 0 Å². The molecule has 3 heteroatoms. The molecule has 0 spiro atoms. The van der Waals surface area contributed by atoms with Gasteiger partial charge in [0, 0.05) is 12.4 Å². The van der Waals surface area contributed by atoms with Gasteiger partial charge in [-0.3, -0.25) is 10.8 Å². The average Bonchev–Trinajstić information content (AvgIpc) is 2.33. The quantitative estimate of drug-likeness (QED) is 0.655. The highest BCUT2D eigenvalue weighted by molar-refractivity contribution is 5.44. The van der Waals surface area contributed by atoms with Crippen molar-refractivity contribution < 1.29 is 0 Å². The van der Waals surface area contributed by atoms with Crippen LogP contribution in [-0.2, 0) is 0 Å².